The molecule has 0 bridgehead atoms. The Morgan fingerprint density at radius 1 is 1.20 bits per heavy atom. The fourth-order valence-electron chi connectivity index (χ4n) is 5.94. The molecule has 2 aliphatic heterocycles. The first-order chi connectivity index (χ1) is 16.8. The van der Waals surface area contributed by atoms with Crippen LogP contribution in [0.15, 0.2) is 16.5 Å². The van der Waals surface area contributed by atoms with Crippen LogP contribution < -0.4 is 10.6 Å². The van der Waals surface area contributed by atoms with Gasteiger partial charge in [0.05, 0.1) is 0 Å². The summed E-state index contributed by atoms with van der Waals surface area (Å²) in [6, 6.07) is 2.28. The molecule has 6 rings (SSSR count). The monoisotopic (exact) mass is 485 g/mol. The van der Waals surface area contributed by atoms with Crippen LogP contribution in [0.4, 0.5) is 14.8 Å². The molecule has 9 nitrogen and oxygen atoms in total. The number of piperidine rings is 1. The smallest absolute Gasteiger partial charge is 0.315 e. The molecule has 1 atom stereocenters. The largest absolute Gasteiger partial charge is 0.408 e. The Bertz CT molecular complexity index is 1220. The Morgan fingerprint density at radius 3 is 2.69 bits per heavy atom. The average Bonchev–Trinajstić information content (AvgIpc) is 3.35. The summed E-state index contributed by atoms with van der Waals surface area (Å²) in [6.45, 7) is 0.0264. The molecule has 1 aromatic heterocycles. The Hall–Kier alpha value is -3.37. The number of benzene rings is 1. The second-order valence-corrected chi connectivity index (χ2v) is 10.2. The number of nitrogens with one attached hydrogen (secondary N) is 2. The van der Waals surface area contributed by atoms with Crippen LogP contribution in [0.25, 0.3) is 0 Å². The van der Waals surface area contributed by atoms with Crippen molar-refractivity contribution in [3.8, 4) is 0 Å². The SMILES string of the molecule is O=C1CCC(N2Cc3c(cc(CNc4nnc(C5CC6(CCC6)C5)o4)cc3C(F)F)C2=O)C(=O)N1. The van der Waals surface area contributed by atoms with Crippen LogP contribution in [0.3, 0.4) is 0 Å². The molecule has 11 heteroatoms. The van der Waals surface area contributed by atoms with Crippen LogP contribution in [0, 0.1) is 5.41 Å². The molecule has 4 aliphatic rings. The zero-order valence-corrected chi connectivity index (χ0v) is 19.0. The van der Waals surface area contributed by atoms with Gasteiger partial charge >= 0.3 is 6.01 Å². The molecular weight excluding hydrogens is 460 g/mol. The van der Waals surface area contributed by atoms with E-state index in [1.807, 2.05) is 0 Å². The van der Waals surface area contributed by atoms with E-state index in [1.54, 1.807) is 6.07 Å². The Balaban J connectivity index is 1.17. The summed E-state index contributed by atoms with van der Waals surface area (Å²) >= 11 is 0. The van der Waals surface area contributed by atoms with Crippen LogP contribution in [-0.2, 0) is 22.7 Å². The first-order valence-corrected chi connectivity index (χ1v) is 12.0. The van der Waals surface area contributed by atoms with Gasteiger partial charge in [0.2, 0.25) is 17.7 Å². The number of nitrogens with zero attached hydrogens (tertiary/aromatic N) is 3. The number of halogens is 2. The van der Waals surface area contributed by atoms with Crippen molar-refractivity contribution in [2.45, 2.75) is 76.4 Å². The molecule has 0 radical (unpaired) electrons. The third kappa shape index (κ3) is 3.77. The van der Waals surface area contributed by atoms with Crippen molar-refractivity contribution in [3.63, 3.8) is 0 Å². The first-order valence-electron chi connectivity index (χ1n) is 12.0. The Labute approximate surface area is 199 Å². The van der Waals surface area contributed by atoms with Gasteiger partial charge in [-0.25, -0.2) is 8.78 Å². The van der Waals surface area contributed by atoms with E-state index in [0.29, 0.717) is 16.9 Å². The van der Waals surface area contributed by atoms with E-state index in [1.165, 1.54) is 30.2 Å². The van der Waals surface area contributed by atoms with E-state index in [2.05, 4.69) is 20.8 Å². The third-order valence-electron chi connectivity index (χ3n) is 7.99. The quantitative estimate of drug-likeness (QED) is 0.602. The standard InChI is InChI=1S/C24H25F2N5O4/c25-19(26)14-6-12(10-27-23-30-29-21(35-23)13-8-24(9-13)4-1-5-24)7-15-16(14)11-31(22(15)34)17-2-3-18(32)28-20(17)33/h6-7,13,17,19H,1-5,8-11H2,(H,27,30)(H,28,32,33). The lowest BCUT2D eigenvalue weighted by molar-refractivity contribution is -0.136. The molecule has 3 amide bonds. The van der Waals surface area contributed by atoms with Gasteiger partial charge < -0.3 is 14.6 Å². The van der Waals surface area contributed by atoms with Gasteiger partial charge in [-0.2, -0.15) is 0 Å². The van der Waals surface area contributed by atoms with Crippen LogP contribution >= 0.6 is 0 Å². The Morgan fingerprint density at radius 2 is 2.00 bits per heavy atom. The van der Waals surface area contributed by atoms with E-state index < -0.39 is 30.2 Å². The number of anilines is 1. The number of aromatic nitrogens is 2. The van der Waals surface area contributed by atoms with Gasteiger partial charge in [0.25, 0.3) is 12.3 Å². The molecule has 3 fully saturated rings. The van der Waals surface area contributed by atoms with Gasteiger partial charge in [-0.3, -0.25) is 19.7 Å². The predicted molar refractivity (Wildman–Crippen MR) is 117 cm³/mol. The minimum atomic E-state index is -2.79. The fourth-order valence-corrected chi connectivity index (χ4v) is 5.94. The first kappa shape index (κ1) is 22.1. The second-order valence-electron chi connectivity index (χ2n) is 10.2. The van der Waals surface area contributed by atoms with Crippen molar-refractivity contribution in [2.75, 3.05) is 5.32 Å². The minimum absolute atomic E-state index is 0.0935. The molecule has 1 aromatic carbocycles. The van der Waals surface area contributed by atoms with E-state index in [0.717, 1.165) is 12.8 Å². The third-order valence-corrected chi connectivity index (χ3v) is 7.99. The number of rotatable bonds is 6. The van der Waals surface area contributed by atoms with E-state index >= 15 is 0 Å². The molecule has 35 heavy (non-hydrogen) atoms. The zero-order chi connectivity index (χ0) is 24.3. The normalized spacial score (nSPS) is 23.3. The van der Waals surface area contributed by atoms with Crippen molar-refractivity contribution in [1.82, 2.24) is 20.4 Å². The van der Waals surface area contributed by atoms with Gasteiger partial charge in [-0.05, 0) is 60.8 Å². The molecule has 1 spiro atoms. The van der Waals surface area contributed by atoms with E-state index in [-0.39, 0.29) is 54.6 Å². The van der Waals surface area contributed by atoms with Crippen LogP contribution in [0.1, 0.15) is 90.2 Å². The van der Waals surface area contributed by atoms with Crippen LogP contribution in [0.5, 0.6) is 0 Å². The van der Waals surface area contributed by atoms with Crippen LogP contribution in [-0.4, -0.2) is 38.9 Å². The number of imide groups is 1. The molecular formula is C24H25F2N5O4. The minimum Gasteiger partial charge on any atom is -0.408 e. The number of hydrogen-bond acceptors (Lipinski definition) is 7. The van der Waals surface area contributed by atoms with Gasteiger partial charge in [0, 0.05) is 36.6 Å². The number of hydrogen-bond donors (Lipinski definition) is 2. The highest BCUT2D eigenvalue weighted by atomic mass is 19.3. The maximum absolute atomic E-state index is 13.9. The maximum Gasteiger partial charge on any atom is 0.315 e. The van der Waals surface area contributed by atoms with Gasteiger partial charge in [-0.15, -0.1) is 5.10 Å². The highest BCUT2D eigenvalue weighted by Crippen LogP contribution is 2.61. The summed E-state index contributed by atoms with van der Waals surface area (Å²) in [7, 11) is 0. The lowest BCUT2D eigenvalue weighted by atomic mass is 9.52. The van der Waals surface area contributed by atoms with Crippen LogP contribution in [0.2, 0.25) is 0 Å². The lowest BCUT2D eigenvalue weighted by Gasteiger charge is -2.53. The summed E-state index contributed by atoms with van der Waals surface area (Å²) in [5, 5.41) is 13.4. The van der Waals surface area contributed by atoms with Crippen molar-refractivity contribution in [2.24, 2.45) is 5.41 Å². The topological polar surface area (TPSA) is 117 Å². The number of amides is 3. The molecule has 2 N–H and O–H groups in total. The number of alkyl halides is 2. The van der Waals surface area contributed by atoms with Crippen molar-refractivity contribution in [1.29, 1.82) is 0 Å². The van der Waals surface area contributed by atoms with Gasteiger partial charge in [0.1, 0.15) is 6.04 Å². The summed E-state index contributed by atoms with van der Waals surface area (Å²) in [5.41, 5.74) is 1.07. The van der Waals surface area contributed by atoms with Gasteiger partial charge in [-0.1, -0.05) is 11.5 Å². The molecule has 184 valence electrons. The molecule has 1 unspecified atom stereocenters. The summed E-state index contributed by atoms with van der Waals surface area (Å²) in [5.74, 6) is -0.596. The van der Waals surface area contributed by atoms with Crippen molar-refractivity contribution in [3.05, 3.63) is 40.3 Å². The number of carbonyl (C=O) groups is 3. The molecule has 2 saturated carbocycles. The van der Waals surface area contributed by atoms with E-state index in [4.69, 9.17) is 4.42 Å². The summed E-state index contributed by atoms with van der Waals surface area (Å²) < 4.78 is 33.6. The van der Waals surface area contributed by atoms with E-state index in [9.17, 15) is 23.2 Å². The second kappa shape index (κ2) is 8.10. The molecule has 1 saturated heterocycles. The summed E-state index contributed by atoms with van der Waals surface area (Å²) in [6.07, 6.45) is 3.46. The zero-order valence-electron chi connectivity index (χ0n) is 19.0. The highest BCUT2D eigenvalue weighted by Gasteiger charge is 2.50. The van der Waals surface area contributed by atoms with Crippen molar-refractivity contribution < 1.29 is 27.6 Å². The number of carbonyl (C=O) groups excluding carboxylic acids is 3. The van der Waals surface area contributed by atoms with Crippen molar-refractivity contribution >= 4 is 23.7 Å². The highest BCUT2D eigenvalue weighted by molar-refractivity contribution is 6.05. The maximum atomic E-state index is 13.9. The molecule has 2 aliphatic carbocycles. The molecule has 3 heterocycles. The average molecular weight is 485 g/mol. The molecule has 2 aromatic rings. The lowest BCUT2D eigenvalue weighted by Crippen LogP contribution is -2.52. The number of fused-ring (bicyclic) bond motifs is 1. The predicted octanol–water partition coefficient (Wildman–Crippen LogP) is 3.43. The Kier molecular flexibility index (Phi) is 5.12. The fraction of sp³-hybridized carbons (Fsp3) is 0.542. The summed E-state index contributed by atoms with van der Waals surface area (Å²) in [4.78, 5) is 38.1. The van der Waals surface area contributed by atoms with Gasteiger partial charge in [0.15, 0.2) is 0 Å².